The lowest BCUT2D eigenvalue weighted by Crippen LogP contribution is -2.57. The van der Waals surface area contributed by atoms with Crippen LogP contribution in [0.15, 0.2) is 22.8 Å². The predicted octanol–water partition coefficient (Wildman–Crippen LogP) is 1.95. The Kier molecular flexibility index (Phi) is 6.54. The van der Waals surface area contributed by atoms with E-state index in [1.807, 2.05) is 19.6 Å². The molecule has 0 spiro atoms. The number of carbonyl (C=O) groups is 2. The fraction of sp³-hybridized carbons (Fsp3) is 0.600. The van der Waals surface area contributed by atoms with Crippen molar-refractivity contribution in [1.82, 2.24) is 4.90 Å². The van der Waals surface area contributed by atoms with E-state index in [1.54, 1.807) is 13.0 Å². The molecule has 1 aromatic rings. The molecular formula is C15H25NO6Si. The number of ether oxygens (including phenoxy) is 2. The van der Waals surface area contributed by atoms with E-state index < -0.39 is 25.8 Å². The second kappa shape index (κ2) is 7.76. The van der Waals surface area contributed by atoms with Gasteiger partial charge in [-0.1, -0.05) is 0 Å². The highest BCUT2D eigenvalue weighted by Gasteiger charge is 2.56. The number of furan rings is 1. The second-order valence-corrected chi connectivity index (χ2v) is 10.4. The zero-order valence-electron chi connectivity index (χ0n) is 14.5. The van der Waals surface area contributed by atoms with E-state index in [-0.39, 0.29) is 19.1 Å². The monoisotopic (exact) mass is 343 g/mol. The summed E-state index contributed by atoms with van der Waals surface area (Å²) in [5, 5.41) is 0. The molecule has 0 aromatic carbocycles. The van der Waals surface area contributed by atoms with Crippen molar-refractivity contribution < 1.29 is 27.9 Å². The van der Waals surface area contributed by atoms with Crippen LogP contribution in [-0.2, 0) is 29.1 Å². The number of nitrogens with zero attached hydrogens (tertiary/aromatic N) is 1. The lowest BCUT2D eigenvalue weighted by Gasteiger charge is -2.36. The van der Waals surface area contributed by atoms with Crippen molar-refractivity contribution in [3.8, 4) is 0 Å². The fourth-order valence-corrected chi connectivity index (χ4v) is 3.31. The summed E-state index contributed by atoms with van der Waals surface area (Å²) in [5.41, 5.74) is -1.96. The quantitative estimate of drug-likeness (QED) is 0.311. The van der Waals surface area contributed by atoms with Gasteiger partial charge in [-0.25, -0.2) is 4.79 Å². The Labute approximate surface area is 137 Å². The number of likely N-dealkylation sites (N-methyl/N-ethyl adjacent to an activating group) is 1. The van der Waals surface area contributed by atoms with Crippen LogP contribution in [0.3, 0.4) is 0 Å². The molecule has 1 aromatic heterocycles. The van der Waals surface area contributed by atoms with Gasteiger partial charge in [-0.15, -0.1) is 0 Å². The van der Waals surface area contributed by atoms with Gasteiger partial charge >= 0.3 is 5.97 Å². The average molecular weight is 343 g/mol. The van der Waals surface area contributed by atoms with Crippen molar-refractivity contribution in [2.24, 2.45) is 0 Å². The Balaban J connectivity index is 3.46. The van der Waals surface area contributed by atoms with Crippen molar-refractivity contribution in [1.29, 1.82) is 0 Å². The predicted molar refractivity (Wildman–Crippen MR) is 86.1 cm³/mol. The smallest absolute Gasteiger partial charge is 0.355 e. The van der Waals surface area contributed by atoms with Crippen LogP contribution in [0.2, 0.25) is 19.6 Å². The van der Waals surface area contributed by atoms with E-state index in [2.05, 4.69) is 0 Å². The van der Waals surface area contributed by atoms with Gasteiger partial charge in [0.25, 0.3) is 11.5 Å². The molecule has 8 heteroatoms. The highest BCUT2D eigenvalue weighted by Crippen LogP contribution is 2.33. The Morgan fingerprint density at radius 3 is 2.43 bits per heavy atom. The van der Waals surface area contributed by atoms with E-state index in [1.165, 1.54) is 31.4 Å². The highest BCUT2D eigenvalue weighted by molar-refractivity contribution is 6.70. The molecule has 0 bridgehead atoms. The molecule has 0 aliphatic heterocycles. The fourth-order valence-electron chi connectivity index (χ4n) is 2.12. The Morgan fingerprint density at radius 2 is 2.00 bits per heavy atom. The summed E-state index contributed by atoms with van der Waals surface area (Å²) in [6.45, 7) is 7.45. The van der Waals surface area contributed by atoms with Gasteiger partial charge in [0.1, 0.15) is 6.73 Å². The van der Waals surface area contributed by atoms with Crippen LogP contribution < -0.4 is 0 Å². The Bertz CT molecular complexity index is 525. The van der Waals surface area contributed by atoms with Crippen molar-refractivity contribution in [2.45, 2.75) is 32.2 Å². The molecule has 1 rings (SSSR count). The van der Waals surface area contributed by atoms with Crippen molar-refractivity contribution in [2.75, 3.05) is 27.5 Å². The van der Waals surface area contributed by atoms with Crippen LogP contribution in [0.4, 0.5) is 0 Å². The second-order valence-electron chi connectivity index (χ2n) is 6.01. The minimum Gasteiger partial charge on any atom is -0.465 e. The summed E-state index contributed by atoms with van der Waals surface area (Å²) in [7, 11) is 0.663. The molecule has 1 unspecified atom stereocenters. The van der Waals surface area contributed by atoms with E-state index >= 15 is 0 Å². The van der Waals surface area contributed by atoms with Gasteiger partial charge in [-0.3, -0.25) is 4.79 Å². The number of amides is 1. The molecule has 0 aliphatic rings. The SMILES string of the molecule is CCOC(=O)C(O[Si](C)(C)C)(C(=O)N(C)COC)c1ccco1. The first-order valence-electron chi connectivity index (χ1n) is 7.35. The molecule has 1 heterocycles. The summed E-state index contributed by atoms with van der Waals surface area (Å²) in [6, 6.07) is 3.14. The molecule has 1 amide bonds. The van der Waals surface area contributed by atoms with Crippen LogP contribution >= 0.6 is 0 Å². The van der Waals surface area contributed by atoms with Crippen LogP contribution in [-0.4, -0.2) is 52.6 Å². The van der Waals surface area contributed by atoms with Crippen LogP contribution in [0.25, 0.3) is 0 Å². The largest absolute Gasteiger partial charge is 0.465 e. The Morgan fingerprint density at radius 1 is 1.35 bits per heavy atom. The van der Waals surface area contributed by atoms with Gasteiger partial charge in [0.15, 0.2) is 14.1 Å². The molecule has 23 heavy (non-hydrogen) atoms. The van der Waals surface area contributed by atoms with Crippen LogP contribution in [0.1, 0.15) is 12.7 Å². The molecule has 7 nitrogen and oxygen atoms in total. The summed E-state index contributed by atoms with van der Waals surface area (Å²) < 4.78 is 21.5. The number of esters is 1. The summed E-state index contributed by atoms with van der Waals surface area (Å²) in [5.74, 6) is -1.27. The number of carbonyl (C=O) groups excluding carboxylic acids is 2. The first-order chi connectivity index (χ1) is 10.7. The lowest BCUT2D eigenvalue weighted by molar-refractivity contribution is -0.178. The molecule has 0 saturated carbocycles. The molecular weight excluding hydrogens is 318 g/mol. The third-order valence-electron chi connectivity index (χ3n) is 2.86. The maximum atomic E-state index is 13.0. The molecule has 0 N–H and O–H groups in total. The first-order valence-corrected chi connectivity index (χ1v) is 10.8. The maximum Gasteiger partial charge on any atom is 0.355 e. The van der Waals surface area contributed by atoms with E-state index in [0.717, 1.165) is 0 Å². The lowest BCUT2D eigenvalue weighted by atomic mass is 9.99. The van der Waals surface area contributed by atoms with E-state index in [0.29, 0.717) is 0 Å². The van der Waals surface area contributed by atoms with Crippen molar-refractivity contribution >= 4 is 20.2 Å². The molecule has 1 atom stereocenters. The minimum absolute atomic E-state index is 0.00968. The zero-order chi connectivity index (χ0) is 17.7. The zero-order valence-corrected chi connectivity index (χ0v) is 15.5. The summed E-state index contributed by atoms with van der Waals surface area (Å²) >= 11 is 0. The number of rotatable bonds is 8. The third kappa shape index (κ3) is 4.43. The molecule has 0 fully saturated rings. The third-order valence-corrected chi connectivity index (χ3v) is 3.78. The number of hydrogen-bond donors (Lipinski definition) is 0. The minimum atomic E-state index is -2.32. The molecule has 130 valence electrons. The molecule has 0 radical (unpaired) electrons. The standard InChI is InChI=1S/C15H25NO6Si/c1-7-20-14(18)15(22-23(4,5)6,12-9-8-10-21-12)13(17)16(2)11-19-3/h8-10H,7,11H2,1-6H3. The van der Waals surface area contributed by atoms with Crippen molar-refractivity contribution in [3.05, 3.63) is 24.2 Å². The summed E-state index contributed by atoms with van der Waals surface area (Å²) in [4.78, 5) is 27.0. The van der Waals surface area contributed by atoms with E-state index in [9.17, 15) is 9.59 Å². The normalized spacial score (nSPS) is 14.2. The number of methoxy groups -OCH3 is 1. The maximum absolute atomic E-state index is 13.0. The van der Waals surface area contributed by atoms with Crippen LogP contribution in [0, 0.1) is 0 Å². The highest BCUT2D eigenvalue weighted by atomic mass is 28.4. The number of hydrogen-bond acceptors (Lipinski definition) is 6. The van der Waals surface area contributed by atoms with Gasteiger partial charge in [0, 0.05) is 14.2 Å². The van der Waals surface area contributed by atoms with E-state index in [4.69, 9.17) is 18.3 Å². The van der Waals surface area contributed by atoms with Gasteiger partial charge in [-0.2, -0.15) is 0 Å². The molecule has 0 saturated heterocycles. The van der Waals surface area contributed by atoms with Gasteiger partial charge in [-0.05, 0) is 38.7 Å². The van der Waals surface area contributed by atoms with Crippen molar-refractivity contribution in [3.63, 3.8) is 0 Å². The van der Waals surface area contributed by atoms with Gasteiger partial charge in [0.2, 0.25) is 0 Å². The topological polar surface area (TPSA) is 78.2 Å². The first kappa shape index (κ1) is 19.4. The molecule has 0 aliphatic carbocycles. The van der Waals surface area contributed by atoms with Gasteiger partial charge < -0.3 is 23.2 Å². The van der Waals surface area contributed by atoms with Crippen LogP contribution in [0.5, 0.6) is 0 Å². The Hall–Kier alpha value is -1.64. The average Bonchev–Trinajstić information content (AvgIpc) is 2.97. The van der Waals surface area contributed by atoms with Gasteiger partial charge in [0.05, 0.1) is 12.9 Å². The summed E-state index contributed by atoms with van der Waals surface area (Å²) in [6.07, 6.45) is 1.39.